The summed E-state index contributed by atoms with van der Waals surface area (Å²) in [6, 6.07) is 0. The fourth-order valence-corrected chi connectivity index (χ4v) is 3.33. The lowest BCUT2D eigenvalue weighted by atomic mass is 10.6. The third-order valence-electron chi connectivity index (χ3n) is 1.44. The molecule has 14 heavy (non-hydrogen) atoms. The van der Waals surface area contributed by atoms with Crippen LogP contribution in [0.5, 0.6) is 0 Å². The van der Waals surface area contributed by atoms with E-state index in [1.807, 2.05) is 13.0 Å². The van der Waals surface area contributed by atoms with Crippen LogP contribution < -0.4 is 0 Å². The number of hydrogen-bond donors (Lipinski definition) is 0. The van der Waals surface area contributed by atoms with E-state index in [1.54, 1.807) is 28.9 Å². The summed E-state index contributed by atoms with van der Waals surface area (Å²) in [5.41, 5.74) is 0. The van der Waals surface area contributed by atoms with Crippen molar-refractivity contribution in [1.29, 1.82) is 0 Å². The van der Waals surface area contributed by atoms with Crippen molar-refractivity contribution in [3.05, 3.63) is 15.2 Å². The van der Waals surface area contributed by atoms with E-state index < -0.39 is 0 Å². The molecular formula is C8H7BrN2OS2. The van der Waals surface area contributed by atoms with Crippen LogP contribution in [-0.2, 0) is 4.74 Å². The summed E-state index contributed by atoms with van der Waals surface area (Å²) in [4.78, 5) is 10.6. The highest BCUT2D eigenvalue weighted by atomic mass is 79.9. The molecule has 2 aromatic heterocycles. The first kappa shape index (κ1) is 10.1. The first-order valence-electron chi connectivity index (χ1n) is 4.00. The van der Waals surface area contributed by atoms with Crippen molar-refractivity contribution in [2.75, 3.05) is 6.61 Å². The Hall–Kier alpha value is -0.460. The smallest absolute Gasteiger partial charge is 0.162 e. The Morgan fingerprint density at radius 2 is 2.14 bits per heavy atom. The van der Waals surface area contributed by atoms with Crippen LogP contribution in [0.15, 0.2) is 10.2 Å². The average Bonchev–Trinajstić information content (AvgIpc) is 2.61. The quantitative estimate of drug-likeness (QED) is 0.812. The van der Waals surface area contributed by atoms with Crippen LogP contribution in [0.4, 0.5) is 0 Å². The maximum Gasteiger partial charge on any atom is 0.162 e. The average molecular weight is 291 g/mol. The highest BCUT2D eigenvalue weighted by molar-refractivity contribution is 9.11. The van der Waals surface area contributed by atoms with Crippen LogP contribution in [0.25, 0.3) is 15.7 Å². The molecule has 2 heterocycles. The van der Waals surface area contributed by atoms with Gasteiger partial charge in [0, 0.05) is 6.08 Å². The molecule has 0 bridgehead atoms. The highest BCUT2D eigenvalue weighted by Gasteiger charge is 2.06. The van der Waals surface area contributed by atoms with Gasteiger partial charge in [-0.1, -0.05) is 22.7 Å². The van der Waals surface area contributed by atoms with E-state index in [-0.39, 0.29) is 0 Å². The molecule has 2 aromatic rings. The molecule has 0 radical (unpaired) electrons. The SMILES string of the molecule is CCOC=Cc1nc2sc(Br)nc2s1. The molecule has 74 valence electrons. The van der Waals surface area contributed by atoms with Gasteiger partial charge in [0.25, 0.3) is 0 Å². The lowest BCUT2D eigenvalue weighted by molar-refractivity contribution is 0.272. The lowest BCUT2D eigenvalue weighted by Crippen LogP contribution is -1.75. The topological polar surface area (TPSA) is 35.0 Å². The number of ether oxygens (including phenoxy) is 1. The minimum Gasteiger partial charge on any atom is -0.501 e. The predicted molar refractivity (Wildman–Crippen MR) is 63.7 cm³/mol. The van der Waals surface area contributed by atoms with Crippen molar-refractivity contribution >= 4 is 54.3 Å². The summed E-state index contributed by atoms with van der Waals surface area (Å²) in [5, 5.41) is 0.930. The maximum absolute atomic E-state index is 5.09. The van der Waals surface area contributed by atoms with Gasteiger partial charge in [-0.15, -0.1) is 0 Å². The van der Waals surface area contributed by atoms with Gasteiger partial charge in [-0.05, 0) is 22.9 Å². The molecule has 0 aliphatic carbocycles. The van der Waals surface area contributed by atoms with Gasteiger partial charge in [-0.3, -0.25) is 0 Å². The van der Waals surface area contributed by atoms with Crippen molar-refractivity contribution in [1.82, 2.24) is 9.97 Å². The number of aromatic nitrogens is 2. The summed E-state index contributed by atoms with van der Waals surface area (Å²) in [5.74, 6) is 0. The van der Waals surface area contributed by atoms with Gasteiger partial charge in [0.15, 0.2) is 13.6 Å². The third kappa shape index (κ3) is 2.13. The van der Waals surface area contributed by atoms with Crippen molar-refractivity contribution < 1.29 is 4.74 Å². The van der Waals surface area contributed by atoms with Gasteiger partial charge in [-0.25, -0.2) is 9.97 Å². The first-order valence-corrected chi connectivity index (χ1v) is 6.43. The number of halogens is 1. The zero-order chi connectivity index (χ0) is 9.97. The van der Waals surface area contributed by atoms with Crippen LogP contribution in [0, 0.1) is 0 Å². The molecule has 0 aliphatic rings. The first-order chi connectivity index (χ1) is 6.79. The van der Waals surface area contributed by atoms with Gasteiger partial charge in [0.05, 0.1) is 12.9 Å². The van der Waals surface area contributed by atoms with E-state index >= 15 is 0 Å². The Morgan fingerprint density at radius 1 is 1.36 bits per heavy atom. The number of nitrogens with zero attached hydrogens (tertiary/aromatic N) is 2. The molecule has 6 heteroatoms. The van der Waals surface area contributed by atoms with E-state index in [4.69, 9.17) is 4.74 Å². The van der Waals surface area contributed by atoms with E-state index in [2.05, 4.69) is 25.9 Å². The largest absolute Gasteiger partial charge is 0.501 e. The van der Waals surface area contributed by atoms with Crippen molar-refractivity contribution in [3.63, 3.8) is 0 Å². The second-order valence-electron chi connectivity index (χ2n) is 2.39. The molecule has 0 spiro atoms. The zero-order valence-electron chi connectivity index (χ0n) is 7.36. The Labute approximate surface area is 97.6 Å². The normalized spacial score (nSPS) is 11.6. The predicted octanol–water partition coefficient (Wildman–Crippen LogP) is 3.52. The molecule has 0 atom stereocenters. The summed E-state index contributed by atoms with van der Waals surface area (Å²) in [7, 11) is 0. The van der Waals surface area contributed by atoms with E-state index in [9.17, 15) is 0 Å². The Kier molecular flexibility index (Phi) is 3.15. The van der Waals surface area contributed by atoms with Crippen LogP contribution in [0.1, 0.15) is 11.9 Å². The van der Waals surface area contributed by atoms with Crippen LogP contribution in [0.2, 0.25) is 0 Å². The monoisotopic (exact) mass is 290 g/mol. The molecule has 0 unspecified atom stereocenters. The molecule has 0 saturated carbocycles. The van der Waals surface area contributed by atoms with Crippen molar-refractivity contribution in [3.8, 4) is 0 Å². The van der Waals surface area contributed by atoms with Gasteiger partial charge >= 0.3 is 0 Å². The minimum absolute atomic E-state index is 0.681. The lowest BCUT2D eigenvalue weighted by Gasteiger charge is -1.89. The molecule has 0 amide bonds. The molecule has 0 N–H and O–H groups in total. The molecular weight excluding hydrogens is 284 g/mol. The number of hydrogen-bond acceptors (Lipinski definition) is 5. The fraction of sp³-hybridized carbons (Fsp3) is 0.250. The zero-order valence-corrected chi connectivity index (χ0v) is 10.6. The van der Waals surface area contributed by atoms with E-state index in [0.717, 1.165) is 18.6 Å². The molecule has 0 aliphatic heterocycles. The summed E-state index contributed by atoms with van der Waals surface area (Å²) >= 11 is 6.43. The molecule has 0 aromatic carbocycles. The van der Waals surface area contributed by atoms with Gasteiger partial charge in [0.2, 0.25) is 0 Å². The second kappa shape index (κ2) is 4.37. The molecule has 0 saturated heterocycles. The van der Waals surface area contributed by atoms with Gasteiger partial charge in [-0.2, -0.15) is 0 Å². The Morgan fingerprint density at radius 3 is 2.86 bits per heavy atom. The van der Waals surface area contributed by atoms with Crippen molar-refractivity contribution in [2.24, 2.45) is 0 Å². The van der Waals surface area contributed by atoms with Crippen molar-refractivity contribution in [2.45, 2.75) is 6.92 Å². The summed E-state index contributed by atoms with van der Waals surface area (Å²) in [6.45, 7) is 2.63. The molecule has 3 nitrogen and oxygen atoms in total. The number of rotatable bonds is 3. The summed E-state index contributed by atoms with van der Waals surface area (Å²) in [6.07, 6.45) is 3.52. The van der Waals surface area contributed by atoms with Crippen LogP contribution >= 0.6 is 38.6 Å². The Bertz CT molecular complexity index is 431. The maximum atomic E-state index is 5.09. The highest BCUT2D eigenvalue weighted by Crippen LogP contribution is 2.30. The second-order valence-corrected chi connectivity index (χ2v) is 5.65. The van der Waals surface area contributed by atoms with E-state index in [1.165, 1.54) is 0 Å². The van der Waals surface area contributed by atoms with Crippen LogP contribution in [0.3, 0.4) is 0 Å². The third-order valence-corrected chi connectivity index (χ3v) is 3.88. The van der Waals surface area contributed by atoms with E-state index in [0.29, 0.717) is 6.61 Å². The number of fused-ring (bicyclic) bond motifs is 1. The standard InChI is InChI=1S/C8H7BrN2OS2/c1-2-12-4-3-5-10-6-7(13-5)11-8(9)14-6/h3-4H,2H2,1H3. The minimum atomic E-state index is 0.681. The molecule has 2 rings (SSSR count). The molecule has 0 fully saturated rings. The van der Waals surface area contributed by atoms with Gasteiger partial charge in [0.1, 0.15) is 5.01 Å². The summed E-state index contributed by atoms with van der Waals surface area (Å²) < 4.78 is 5.97. The fourth-order valence-electron chi connectivity index (χ4n) is 0.907. The van der Waals surface area contributed by atoms with Crippen LogP contribution in [-0.4, -0.2) is 16.6 Å². The Balaban J connectivity index is 2.23. The van der Waals surface area contributed by atoms with Gasteiger partial charge < -0.3 is 4.74 Å². The number of thiazole rings is 2.